The second-order valence-corrected chi connectivity index (χ2v) is 9.51. The molecule has 0 saturated heterocycles. The number of para-hydroxylation sites is 1. The van der Waals surface area contributed by atoms with Crippen LogP contribution < -0.4 is 5.32 Å². The molecule has 1 N–H and O–H groups in total. The van der Waals surface area contributed by atoms with Crippen LogP contribution >= 0.6 is 23.1 Å². The maximum Gasteiger partial charge on any atom is 0.350 e. The summed E-state index contributed by atoms with van der Waals surface area (Å²) < 4.78 is 7.17. The molecule has 3 aromatic heterocycles. The number of benzene rings is 1. The van der Waals surface area contributed by atoms with Crippen LogP contribution in [0.4, 0.5) is 5.13 Å². The highest BCUT2D eigenvalue weighted by Gasteiger charge is 2.22. The van der Waals surface area contributed by atoms with Gasteiger partial charge in [-0.2, -0.15) is 0 Å². The Morgan fingerprint density at radius 2 is 1.90 bits per heavy atom. The van der Waals surface area contributed by atoms with Crippen LogP contribution in [-0.4, -0.2) is 42.8 Å². The molecular weight excluding hydrogens is 434 g/mol. The average molecular weight is 456 g/mol. The van der Waals surface area contributed by atoms with E-state index in [1.807, 2.05) is 40.8 Å². The lowest BCUT2D eigenvalue weighted by Crippen LogP contribution is -2.22. The Bertz CT molecular complexity index is 1280. The molecule has 4 rings (SSSR count). The number of nitrogens with one attached hydrogen (secondary N) is 1. The highest BCUT2D eigenvalue weighted by Crippen LogP contribution is 2.28. The molecule has 8 nitrogen and oxygen atoms in total. The van der Waals surface area contributed by atoms with Crippen LogP contribution in [0.1, 0.15) is 36.1 Å². The Labute approximate surface area is 187 Å². The molecule has 10 heteroatoms. The van der Waals surface area contributed by atoms with Crippen molar-refractivity contribution in [3.05, 3.63) is 47.0 Å². The monoisotopic (exact) mass is 455 g/mol. The first-order valence-electron chi connectivity index (χ1n) is 9.72. The van der Waals surface area contributed by atoms with Gasteiger partial charge in [0.15, 0.2) is 15.9 Å². The third-order valence-electron chi connectivity index (χ3n) is 4.45. The average Bonchev–Trinajstić information content (AvgIpc) is 3.30. The van der Waals surface area contributed by atoms with Crippen LogP contribution in [0, 0.1) is 6.92 Å². The number of aromatic nitrogens is 4. The van der Waals surface area contributed by atoms with E-state index in [0.29, 0.717) is 20.9 Å². The van der Waals surface area contributed by atoms with Crippen molar-refractivity contribution in [2.75, 3.05) is 5.32 Å². The molecule has 160 valence electrons. The molecule has 0 saturated carbocycles. The number of esters is 1. The van der Waals surface area contributed by atoms with Gasteiger partial charge in [-0.25, -0.2) is 9.78 Å². The van der Waals surface area contributed by atoms with Crippen molar-refractivity contribution in [1.82, 2.24) is 19.6 Å². The number of thiazole rings is 1. The number of aryl methyl sites for hydroxylation is 1. The predicted octanol–water partition coefficient (Wildman–Crippen LogP) is 4.33. The van der Waals surface area contributed by atoms with Crippen LogP contribution in [0.2, 0.25) is 0 Å². The standard InChI is InChI=1S/C21H21N5O3S2/c1-11(2)29-19(28)17-12(3)22-20(31-17)23-18(27)13(4)30-21-25-24-16-10-9-14-7-5-6-8-15(14)26(16)21/h5-11,13H,1-4H3,(H,22,23,27). The zero-order valence-corrected chi connectivity index (χ0v) is 19.1. The molecule has 0 aliphatic heterocycles. The van der Waals surface area contributed by atoms with E-state index in [9.17, 15) is 9.59 Å². The van der Waals surface area contributed by atoms with Crippen LogP contribution in [0.5, 0.6) is 0 Å². The van der Waals surface area contributed by atoms with Gasteiger partial charge in [0.1, 0.15) is 4.88 Å². The largest absolute Gasteiger partial charge is 0.459 e. The molecule has 4 aromatic rings. The van der Waals surface area contributed by atoms with Gasteiger partial charge in [0.05, 0.1) is 22.6 Å². The van der Waals surface area contributed by atoms with E-state index in [0.717, 1.165) is 27.9 Å². The van der Waals surface area contributed by atoms with Crippen LogP contribution in [-0.2, 0) is 9.53 Å². The number of rotatable bonds is 6. The minimum absolute atomic E-state index is 0.225. The maximum absolute atomic E-state index is 12.8. The van der Waals surface area contributed by atoms with Gasteiger partial charge in [-0.15, -0.1) is 10.2 Å². The van der Waals surface area contributed by atoms with E-state index in [1.54, 1.807) is 27.7 Å². The van der Waals surface area contributed by atoms with Gasteiger partial charge in [0.2, 0.25) is 5.91 Å². The summed E-state index contributed by atoms with van der Waals surface area (Å²) in [7, 11) is 0. The van der Waals surface area contributed by atoms with Crippen LogP contribution in [0.15, 0.2) is 41.6 Å². The van der Waals surface area contributed by atoms with Crippen LogP contribution in [0.25, 0.3) is 16.6 Å². The number of ether oxygens (including phenoxy) is 1. The number of pyridine rings is 1. The smallest absolute Gasteiger partial charge is 0.350 e. The first-order valence-corrected chi connectivity index (χ1v) is 11.4. The lowest BCUT2D eigenvalue weighted by Gasteiger charge is -2.10. The molecule has 1 aromatic carbocycles. The Morgan fingerprint density at radius 3 is 2.68 bits per heavy atom. The quantitative estimate of drug-likeness (QED) is 0.341. The molecule has 1 atom stereocenters. The molecule has 1 unspecified atom stereocenters. The second-order valence-electron chi connectivity index (χ2n) is 7.21. The molecule has 3 heterocycles. The fourth-order valence-corrected chi connectivity index (χ4v) is 4.73. The Kier molecular flexibility index (Phi) is 5.92. The summed E-state index contributed by atoms with van der Waals surface area (Å²) in [5.41, 5.74) is 2.22. The fourth-order valence-electron chi connectivity index (χ4n) is 3.01. The Balaban J connectivity index is 1.51. The number of thioether (sulfide) groups is 1. The highest BCUT2D eigenvalue weighted by molar-refractivity contribution is 8.00. The third kappa shape index (κ3) is 4.40. The zero-order valence-electron chi connectivity index (χ0n) is 17.4. The van der Waals surface area contributed by atoms with Crippen molar-refractivity contribution in [2.24, 2.45) is 0 Å². The first-order chi connectivity index (χ1) is 14.8. The molecule has 0 bridgehead atoms. The fraction of sp³-hybridized carbons (Fsp3) is 0.286. The molecule has 1 amide bonds. The predicted molar refractivity (Wildman–Crippen MR) is 122 cm³/mol. The highest BCUT2D eigenvalue weighted by atomic mass is 32.2. The number of fused-ring (bicyclic) bond motifs is 3. The number of amides is 1. The molecule has 0 radical (unpaired) electrons. The van der Waals surface area contributed by atoms with Crippen molar-refractivity contribution in [1.29, 1.82) is 0 Å². The summed E-state index contributed by atoms with van der Waals surface area (Å²) in [6.45, 7) is 7.08. The number of hydrogen-bond acceptors (Lipinski definition) is 8. The summed E-state index contributed by atoms with van der Waals surface area (Å²) in [5, 5.41) is 12.9. The number of nitrogens with zero attached hydrogens (tertiary/aromatic N) is 4. The lowest BCUT2D eigenvalue weighted by molar-refractivity contribution is -0.115. The molecular formula is C21H21N5O3S2. The lowest BCUT2D eigenvalue weighted by atomic mass is 10.2. The molecule has 0 spiro atoms. The van der Waals surface area contributed by atoms with E-state index in [2.05, 4.69) is 20.5 Å². The number of carbonyl (C=O) groups excluding carboxylic acids is 2. The second kappa shape index (κ2) is 8.64. The minimum Gasteiger partial charge on any atom is -0.459 e. The van der Waals surface area contributed by atoms with Crippen molar-refractivity contribution in [3.8, 4) is 0 Å². The van der Waals surface area contributed by atoms with E-state index < -0.39 is 11.2 Å². The van der Waals surface area contributed by atoms with Gasteiger partial charge in [-0.1, -0.05) is 41.3 Å². The summed E-state index contributed by atoms with van der Waals surface area (Å²) in [5.74, 6) is -0.672. The van der Waals surface area contributed by atoms with Crippen molar-refractivity contribution >= 4 is 56.7 Å². The molecule has 31 heavy (non-hydrogen) atoms. The number of anilines is 1. The van der Waals surface area contributed by atoms with Crippen molar-refractivity contribution in [3.63, 3.8) is 0 Å². The Morgan fingerprint density at radius 1 is 1.13 bits per heavy atom. The van der Waals surface area contributed by atoms with Crippen molar-refractivity contribution < 1.29 is 14.3 Å². The topological polar surface area (TPSA) is 98.5 Å². The van der Waals surface area contributed by atoms with E-state index >= 15 is 0 Å². The van der Waals surface area contributed by atoms with Gasteiger partial charge in [-0.05, 0) is 51.3 Å². The van der Waals surface area contributed by atoms with Crippen molar-refractivity contribution in [2.45, 2.75) is 44.2 Å². The number of hydrogen-bond donors (Lipinski definition) is 1. The molecule has 0 fully saturated rings. The van der Waals surface area contributed by atoms with Gasteiger partial charge < -0.3 is 10.1 Å². The van der Waals surface area contributed by atoms with E-state index in [1.165, 1.54) is 11.8 Å². The van der Waals surface area contributed by atoms with E-state index in [-0.39, 0.29) is 12.0 Å². The van der Waals surface area contributed by atoms with Gasteiger partial charge in [0, 0.05) is 0 Å². The minimum atomic E-state index is -0.457. The first kappa shape index (κ1) is 21.3. The van der Waals surface area contributed by atoms with E-state index in [4.69, 9.17) is 4.74 Å². The summed E-state index contributed by atoms with van der Waals surface area (Å²) in [6.07, 6.45) is -0.225. The summed E-state index contributed by atoms with van der Waals surface area (Å²) in [4.78, 5) is 29.6. The molecule has 0 aliphatic rings. The molecule has 0 aliphatic carbocycles. The number of carbonyl (C=O) groups is 2. The van der Waals surface area contributed by atoms with Crippen LogP contribution in [0.3, 0.4) is 0 Å². The Hall–Kier alpha value is -2.98. The van der Waals surface area contributed by atoms with Gasteiger partial charge in [-0.3, -0.25) is 9.20 Å². The zero-order chi connectivity index (χ0) is 22.1. The SMILES string of the molecule is Cc1nc(NC(=O)C(C)Sc2nnc3ccc4ccccc4n23)sc1C(=O)OC(C)C. The summed E-state index contributed by atoms with van der Waals surface area (Å²) >= 11 is 2.42. The maximum atomic E-state index is 12.8. The van der Waals surface area contributed by atoms with Gasteiger partial charge >= 0.3 is 5.97 Å². The van der Waals surface area contributed by atoms with Gasteiger partial charge in [0.25, 0.3) is 0 Å². The normalized spacial score (nSPS) is 12.4. The third-order valence-corrected chi connectivity index (χ3v) is 6.55. The summed E-state index contributed by atoms with van der Waals surface area (Å²) in [6, 6.07) is 11.8.